The zero-order chi connectivity index (χ0) is 21.2. The van der Waals surface area contributed by atoms with Crippen molar-refractivity contribution in [2.75, 3.05) is 39.6 Å². The molecule has 0 bridgehead atoms. The van der Waals surface area contributed by atoms with Gasteiger partial charge in [0.2, 0.25) is 18.8 Å². The van der Waals surface area contributed by atoms with E-state index in [9.17, 15) is 9.59 Å². The predicted molar refractivity (Wildman–Crippen MR) is 111 cm³/mol. The Hall–Kier alpha value is -3.68. The van der Waals surface area contributed by atoms with E-state index >= 15 is 0 Å². The normalized spacial score (nSPS) is 19.5. The van der Waals surface area contributed by atoms with Gasteiger partial charge in [-0.05, 0) is 35.9 Å². The standard InChI is InChI=1S/C23H22N2O6/c26-22(8-6-16-5-7-18-20(13-16)30-15-29-18)24-9-11-25(12-10-24)23(27)21-14-28-17-3-1-2-4-19(17)31-21/h1-8,13,21H,9-12,14-15H2. The minimum Gasteiger partial charge on any atom is -0.485 e. The highest BCUT2D eigenvalue weighted by Crippen LogP contribution is 2.33. The zero-order valence-electron chi connectivity index (χ0n) is 16.9. The molecule has 3 aliphatic rings. The van der Waals surface area contributed by atoms with E-state index in [1.807, 2.05) is 36.4 Å². The second-order valence-electron chi connectivity index (χ2n) is 7.46. The molecule has 0 radical (unpaired) electrons. The van der Waals surface area contributed by atoms with Crippen LogP contribution < -0.4 is 18.9 Å². The van der Waals surface area contributed by atoms with Gasteiger partial charge in [-0.1, -0.05) is 18.2 Å². The first-order valence-corrected chi connectivity index (χ1v) is 10.2. The number of rotatable bonds is 3. The molecule has 0 aromatic heterocycles. The molecule has 8 nitrogen and oxygen atoms in total. The van der Waals surface area contributed by atoms with Gasteiger partial charge in [0.05, 0.1) is 0 Å². The van der Waals surface area contributed by atoms with Crippen molar-refractivity contribution in [1.82, 2.24) is 9.80 Å². The third-order valence-electron chi connectivity index (χ3n) is 5.50. The smallest absolute Gasteiger partial charge is 0.267 e. The summed E-state index contributed by atoms with van der Waals surface area (Å²) in [4.78, 5) is 28.8. The molecule has 3 aliphatic heterocycles. The van der Waals surface area contributed by atoms with Gasteiger partial charge in [-0.3, -0.25) is 9.59 Å². The maximum atomic E-state index is 12.8. The minimum absolute atomic E-state index is 0.0871. The summed E-state index contributed by atoms with van der Waals surface area (Å²) >= 11 is 0. The molecule has 31 heavy (non-hydrogen) atoms. The van der Waals surface area contributed by atoms with Crippen molar-refractivity contribution in [1.29, 1.82) is 0 Å². The van der Waals surface area contributed by atoms with Crippen LogP contribution in [0.25, 0.3) is 6.08 Å². The number of ether oxygens (including phenoxy) is 4. The molecule has 5 rings (SSSR count). The predicted octanol–water partition coefficient (Wildman–Crippen LogP) is 1.94. The first-order valence-electron chi connectivity index (χ1n) is 10.2. The number of carbonyl (C=O) groups is 2. The van der Waals surface area contributed by atoms with Gasteiger partial charge in [-0.25, -0.2) is 0 Å². The molecule has 0 saturated carbocycles. The van der Waals surface area contributed by atoms with E-state index in [1.54, 1.807) is 28.0 Å². The molecule has 8 heteroatoms. The molecule has 2 aromatic rings. The summed E-state index contributed by atoms with van der Waals surface area (Å²) < 4.78 is 22.1. The number of nitrogens with zero attached hydrogens (tertiary/aromatic N) is 2. The Labute approximate surface area is 179 Å². The third kappa shape index (κ3) is 4.01. The summed E-state index contributed by atoms with van der Waals surface area (Å²) in [6.07, 6.45) is 2.64. The molecule has 2 aromatic carbocycles. The largest absolute Gasteiger partial charge is 0.485 e. The fraction of sp³-hybridized carbons (Fsp3) is 0.304. The number of carbonyl (C=O) groups excluding carboxylic acids is 2. The fourth-order valence-electron chi connectivity index (χ4n) is 3.78. The van der Waals surface area contributed by atoms with E-state index in [4.69, 9.17) is 18.9 Å². The Morgan fingerprint density at radius 2 is 1.55 bits per heavy atom. The third-order valence-corrected chi connectivity index (χ3v) is 5.50. The van der Waals surface area contributed by atoms with Crippen molar-refractivity contribution in [2.45, 2.75) is 6.10 Å². The lowest BCUT2D eigenvalue weighted by Crippen LogP contribution is -2.54. The minimum atomic E-state index is -0.664. The molecule has 0 spiro atoms. The number of piperazine rings is 1. The highest BCUT2D eigenvalue weighted by atomic mass is 16.7. The van der Waals surface area contributed by atoms with E-state index in [1.165, 1.54) is 0 Å². The maximum Gasteiger partial charge on any atom is 0.267 e. The van der Waals surface area contributed by atoms with Crippen LogP contribution in [0.2, 0.25) is 0 Å². The average molecular weight is 422 g/mol. The number of hydrogen-bond acceptors (Lipinski definition) is 6. The van der Waals surface area contributed by atoms with Crippen LogP contribution in [0.4, 0.5) is 0 Å². The van der Waals surface area contributed by atoms with Crippen molar-refractivity contribution in [3.05, 3.63) is 54.1 Å². The van der Waals surface area contributed by atoms with Crippen molar-refractivity contribution in [2.24, 2.45) is 0 Å². The number of hydrogen-bond donors (Lipinski definition) is 0. The van der Waals surface area contributed by atoms with Crippen molar-refractivity contribution >= 4 is 17.9 Å². The molecule has 0 aliphatic carbocycles. The maximum absolute atomic E-state index is 12.8. The van der Waals surface area contributed by atoms with Gasteiger partial charge in [0.25, 0.3) is 5.91 Å². The molecule has 0 N–H and O–H groups in total. The number of amides is 2. The quantitative estimate of drug-likeness (QED) is 0.704. The molecule has 3 heterocycles. The van der Waals surface area contributed by atoms with E-state index < -0.39 is 6.10 Å². The Morgan fingerprint density at radius 1 is 0.839 bits per heavy atom. The number of fused-ring (bicyclic) bond motifs is 2. The summed E-state index contributed by atoms with van der Waals surface area (Å²) in [6.45, 7) is 2.27. The van der Waals surface area contributed by atoms with Gasteiger partial charge in [0.15, 0.2) is 23.0 Å². The Morgan fingerprint density at radius 3 is 2.39 bits per heavy atom. The van der Waals surface area contributed by atoms with Gasteiger partial charge < -0.3 is 28.7 Å². The monoisotopic (exact) mass is 422 g/mol. The molecule has 1 saturated heterocycles. The summed E-state index contributed by atoms with van der Waals surface area (Å²) in [5.41, 5.74) is 0.862. The molecule has 1 fully saturated rings. The summed E-state index contributed by atoms with van der Waals surface area (Å²) in [6, 6.07) is 12.9. The zero-order valence-corrected chi connectivity index (χ0v) is 16.9. The number of para-hydroxylation sites is 2. The Bertz CT molecular complexity index is 1030. The lowest BCUT2D eigenvalue weighted by molar-refractivity contribution is -0.145. The van der Waals surface area contributed by atoms with Crippen LogP contribution in [0.3, 0.4) is 0 Å². The molecule has 160 valence electrons. The molecule has 1 atom stereocenters. The molecular weight excluding hydrogens is 400 g/mol. The SMILES string of the molecule is O=C(C=Cc1ccc2c(c1)OCO2)N1CCN(C(=O)C2COc3ccccc3O2)CC1. The van der Waals surface area contributed by atoms with Gasteiger partial charge >= 0.3 is 0 Å². The first-order chi connectivity index (χ1) is 15.2. The highest BCUT2D eigenvalue weighted by Gasteiger charge is 2.33. The molecule has 2 amide bonds. The second-order valence-corrected chi connectivity index (χ2v) is 7.46. The van der Waals surface area contributed by atoms with Crippen molar-refractivity contribution in [3.63, 3.8) is 0 Å². The lowest BCUT2D eigenvalue weighted by Gasteiger charge is -2.36. The van der Waals surface area contributed by atoms with E-state index in [-0.39, 0.29) is 25.2 Å². The van der Waals surface area contributed by atoms with Crippen LogP contribution >= 0.6 is 0 Å². The summed E-state index contributed by atoms with van der Waals surface area (Å²) in [5, 5.41) is 0. The van der Waals surface area contributed by atoms with Gasteiger partial charge in [-0.2, -0.15) is 0 Å². The van der Waals surface area contributed by atoms with Crippen molar-refractivity contribution in [3.8, 4) is 23.0 Å². The van der Waals surface area contributed by atoms with Crippen LogP contribution in [-0.4, -0.2) is 67.3 Å². The van der Waals surface area contributed by atoms with Crippen LogP contribution in [-0.2, 0) is 9.59 Å². The van der Waals surface area contributed by atoms with Crippen LogP contribution in [0.5, 0.6) is 23.0 Å². The van der Waals surface area contributed by atoms with Gasteiger partial charge in [0, 0.05) is 32.3 Å². The molecule has 1 unspecified atom stereocenters. The lowest BCUT2D eigenvalue weighted by atomic mass is 10.2. The first kappa shape index (κ1) is 19.3. The summed E-state index contributed by atoms with van der Waals surface area (Å²) in [7, 11) is 0. The van der Waals surface area contributed by atoms with Crippen molar-refractivity contribution < 1.29 is 28.5 Å². The molecular formula is C23H22N2O6. The van der Waals surface area contributed by atoms with Crippen LogP contribution in [0, 0.1) is 0 Å². The van der Waals surface area contributed by atoms with E-state index in [0.717, 1.165) is 5.56 Å². The highest BCUT2D eigenvalue weighted by molar-refractivity contribution is 5.92. The Balaban J connectivity index is 1.14. The van der Waals surface area contributed by atoms with E-state index in [0.29, 0.717) is 49.2 Å². The second kappa shape index (κ2) is 8.22. The average Bonchev–Trinajstić information content (AvgIpc) is 3.30. The van der Waals surface area contributed by atoms with Crippen LogP contribution in [0.1, 0.15) is 5.56 Å². The Kier molecular flexibility index (Phi) is 5.11. The number of benzene rings is 2. The van der Waals surface area contributed by atoms with Gasteiger partial charge in [0.1, 0.15) is 6.61 Å². The van der Waals surface area contributed by atoms with Gasteiger partial charge in [-0.15, -0.1) is 0 Å². The van der Waals surface area contributed by atoms with Crippen LogP contribution in [0.15, 0.2) is 48.5 Å². The fourth-order valence-corrected chi connectivity index (χ4v) is 3.78. The topological polar surface area (TPSA) is 77.5 Å². The van der Waals surface area contributed by atoms with E-state index in [2.05, 4.69) is 0 Å². The summed E-state index contributed by atoms with van der Waals surface area (Å²) in [5.74, 6) is 2.41.